The molecule has 1 aliphatic rings. The number of hydrogen-bond donors (Lipinski definition) is 2. The SMILES string of the molecule is CC(C)(C)OC(=O)N1C(=O)c2cc(-c3ccncc3)[nH]c2CC1CCCNC(=O)OCc1ccccc1. The zero-order valence-corrected chi connectivity index (χ0v) is 21.3. The Bertz CT molecular complexity index is 1230. The molecule has 2 aromatic heterocycles. The molecule has 0 radical (unpaired) electrons. The third-order valence-corrected chi connectivity index (χ3v) is 5.93. The van der Waals surface area contributed by atoms with Crippen molar-refractivity contribution < 1.29 is 23.9 Å². The van der Waals surface area contributed by atoms with E-state index in [2.05, 4.69) is 15.3 Å². The van der Waals surface area contributed by atoms with Crippen LogP contribution >= 0.6 is 0 Å². The largest absolute Gasteiger partial charge is 0.445 e. The predicted octanol–water partition coefficient (Wildman–Crippen LogP) is 5.09. The van der Waals surface area contributed by atoms with E-state index in [1.165, 1.54) is 4.90 Å². The van der Waals surface area contributed by atoms with Crippen molar-refractivity contribution in [3.05, 3.63) is 77.7 Å². The van der Waals surface area contributed by atoms with Gasteiger partial charge in [-0.25, -0.2) is 14.5 Å². The number of carbonyl (C=O) groups excluding carboxylic acids is 3. The van der Waals surface area contributed by atoms with Crippen LogP contribution in [-0.2, 0) is 22.5 Å². The average molecular weight is 505 g/mol. The third kappa shape index (κ3) is 6.75. The molecule has 0 saturated heterocycles. The molecule has 2 N–H and O–H groups in total. The first-order chi connectivity index (χ1) is 17.7. The molecule has 1 unspecified atom stereocenters. The van der Waals surface area contributed by atoms with Gasteiger partial charge in [-0.2, -0.15) is 0 Å². The molecular formula is C28H32N4O5. The summed E-state index contributed by atoms with van der Waals surface area (Å²) in [7, 11) is 0. The third-order valence-electron chi connectivity index (χ3n) is 5.93. The van der Waals surface area contributed by atoms with Crippen molar-refractivity contribution in [1.29, 1.82) is 0 Å². The van der Waals surface area contributed by atoms with Gasteiger partial charge in [0.15, 0.2) is 0 Å². The van der Waals surface area contributed by atoms with Gasteiger partial charge in [0.1, 0.15) is 12.2 Å². The van der Waals surface area contributed by atoms with E-state index in [-0.39, 0.29) is 6.61 Å². The van der Waals surface area contributed by atoms with E-state index in [1.807, 2.05) is 42.5 Å². The van der Waals surface area contributed by atoms with Gasteiger partial charge >= 0.3 is 12.2 Å². The van der Waals surface area contributed by atoms with E-state index < -0.39 is 29.7 Å². The molecule has 0 aliphatic carbocycles. The molecule has 3 heterocycles. The lowest BCUT2D eigenvalue weighted by molar-refractivity contribution is 0.0140. The lowest BCUT2D eigenvalue weighted by atomic mass is 9.96. The number of carbonyl (C=O) groups is 3. The van der Waals surface area contributed by atoms with E-state index in [9.17, 15) is 14.4 Å². The zero-order chi connectivity index (χ0) is 26.4. The minimum atomic E-state index is -0.743. The van der Waals surface area contributed by atoms with Crippen LogP contribution < -0.4 is 5.32 Å². The molecule has 0 spiro atoms. The van der Waals surface area contributed by atoms with Crippen LogP contribution in [0, 0.1) is 0 Å². The summed E-state index contributed by atoms with van der Waals surface area (Å²) in [4.78, 5) is 47.2. The monoisotopic (exact) mass is 504 g/mol. The van der Waals surface area contributed by atoms with Gasteiger partial charge in [0.25, 0.3) is 5.91 Å². The Labute approximate surface area is 216 Å². The smallest absolute Gasteiger partial charge is 0.417 e. The van der Waals surface area contributed by atoms with Crippen LogP contribution in [0.3, 0.4) is 0 Å². The molecule has 1 aliphatic heterocycles. The number of imide groups is 1. The van der Waals surface area contributed by atoms with E-state index in [0.717, 1.165) is 22.5 Å². The number of amides is 3. The van der Waals surface area contributed by atoms with Crippen molar-refractivity contribution >= 4 is 18.1 Å². The summed E-state index contributed by atoms with van der Waals surface area (Å²) in [6.07, 6.45) is 3.69. The Morgan fingerprint density at radius 2 is 1.86 bits per heavy atom. The minimum Gasteiger partial charge on any atom is -0.445 e. The van der Waals surface area contributed by atoms with Crippen LogP contribution in [0.2, 0.25) is 0 Å². The summed E-state index contributed by atoms with van der Waals surface area (Å²) < 4.78 is 10.8. The molecule has 0 bridgehead atoms. The first kappa shape index (κ1) is 25.9. The number of aromatic nitrogens is 2. The van der Waals surface area contributed by atoms with Crippen LogP contribution in [0.5, 0.6) is 0 Å². The molecule has 9 nitrogen and oxygen atoms in total. The average Bonchev–Trinajstić information content (AvgIpc) is 3.30. The highest BCUT2D eigenvalue weighted by atomic mass is 16.6. The molecule has 1 aromatic carbocycles. The fourth-order valence-corrected chi connectivity index (χ4v) is 4.24. The molecule has 4 rings (SSSR count). The number of aromatic amines is 1. The van der Waals surface area contributed by atoms with Gasteiger partial charge in [0.2, 0.25) is 0 Å². The van der Waals surface area contributed by atoms with Gasteiger partial charge < -0.3 is 19.8 Å². The number of alkyl carbamates (subject to hydrolysis) is 1. The van der Waals surface area contributed by atoms with Crippen molar-refractivity contribution in [2.24, 2.45) is 0 Å². The second-order valence-electron chi connectivity index (χ2n) is 9.96. The fourth-order valence-electron chi connectivity index (χ4n) is 4.24. The van der Waals surface area contributed by atoms with Crippen molar-refractivity contribution in [2.45, 2.75) is 58.3 Å². The van der Waals surface area contributed by atoms with Crippen LogP contribution in [-0.4, -0.2) is 51.1 Å². The summed E-state index contributed by atoms with van der Waals surface area (Å²) in [5, 5.41) is 2.74. The Balaban J connectivity index is 1.41. The van der Waals surface area contributed by atoms with E-state index in [4.69, 9.17) is 9.47 Å². The normalized spacial score (nSPS) is 15.2. The van der Waals surface area contributed by atoms with Gasteiger partial charge in [-0.1, -0.05) is 30.3 Å². The number of rotatable bonds is 7. The topological polar surface area (TPSA) is 114 Å². The van der Waals surface area contributed by atoms with Crippen molar-refractivity contribution in [1.82, 2.24) is 20.2 Å². The minimum absolute atomic E-state index is 0.186. The maximum absolute atomic E-state index is 13.5. The molecule has 37 heavy (non-hydrogen) atoms. The number of pyridine rings is 1. The molecule has 1 atom stereocenters. The lowest BCUT2D eigenvalue weighted by Gasteiger charge is -2.35. The summed E-state index contributed by atoms with van der Waals surface area (Å²) in [5.41, 5.74) is 3.07. The second kappa shape index (κ2) is 11.3. The number of nitrogens with zero attached hydrogens (tertiary/aromatic N) is 2. The Kier molecular flexibility index (Phi) is 7.91. The first-order valence-electron chi connectivity index (χ1n) is 12.3. The number of benzene rings is 1. The predicted molar refractivity (Wildman–Crippen MR) is 138 cm³/mol. The maximum Gasteiger partial charge on any atom is 0.417 e. The van der Waals surface area contributed by atoms with Crippen molar-refractivity contribution in [2.75, 3.05) is 6.54 Å². The highest BCUT2D eigenvalue weighted by molar-refractivity contribution is 6.05. The van der Waals surface area contributed by atoms with Crippen LogP contribution in [0.4, 0.5) is 9.59 Å². The Morgan fingerprint density at radius 1 is 1.14 bits per heavy atom. The van der Waals surface area contributed by atoms with E-state index >= 15 is 0 Å². The highest BCUT2D eigenvalue weighted by Crippen LogP contribution is 2.31. The molecule has 3 amide bonds. The summed E-state index contributed by atoms with van der Waals surface area (Å²) in [5.74, 6) is -0.396. The fraction of sp³-hybridized carbons (Fsp3) is 0.357. The van der Waals surface area contributed by atoms with Crippen LogP contribution in [0.15, 0.2) is 60.9 Å². The van der Waals surface area contributed by atoms with Crippen molar-refractivity contribution in [3.63, 3.8) is 0 Å². The lowest BCUT2D eigenvalue weighted by Crippen LogP contribution is -2.50. The summed E-state index contributed by atoms with van der Waals surface area (Å²) in [6.45, 7) is 5.83. The molecule has 3 aromatic rings. The van der Waals surface area contributed by atoms with Gasteiger partial charge in [-0.3, -0.25) is 9.78 Å². The van der Waals surface area contributed by atoms with Gasteiger partial charge in [-0.15, -0.1) is 0 Å². The number of ether oxygens (including phenoxy) is 2. The van der Waals surface area contributed by atoms with Crippen LogP contribution in [0.25, 0.3) is 11.3 Å². The first-order valence-corrected chi connectivity index (χ1v) is 12.3. The summed E-state index contributed by atoms with van der Waals surface area (Å²) >= 11 is 0. The Hall–Kier alpha value is -4.14. The van der Waals surface area contributed by atoms with Gasteiger partial charge in [-0.05, 0) is 57.4 Å². The quantitative estimate of drug-likeness (QED) is 0.434. The molecule has 194 valence electrons. The molecule has 0 saturated carbocycles. The second-order valence-corrected chi connectivity index (χ2v) is 9.96. The van der Waals surface area contributed by atoms with E-state index in [0.29, 0.717) is 31.4 Å². The molecule has 9 heteroatoms. The van der Waals surface area contributed by atoms with E-state index in [1.54, 1.807) is 39.2 Å². The zero-order valence-electron chi connectivity index (χ0n) is 21.3. The molecular weight excluding hydrogens is 472 g/mol. The number of hydrogen-bond acceptors (Lipinski definition) is 6. The standard InChI is InChI=1S/C28H32N4O5/c1-28(2,3)37-27(35)32-21(10-7-13-30-26(34)36-18-19-8-5-4-6-9-19)16-24-22(25(32)33)17-23(31-24)20-11-14-29-15-12-20/h4-6,8-9,11-12,14-15,17,21,31H,7,10,13,16,18H2,1-3H3,(H,30,34). The Morgan fingerprint density at radius 3 is 2.57 bits per heavy atom. The highest BCUT2D eigenvalue weighted by Gasteiger charge is 2.40. The number of fused-ring (bicyclic) bond motifs is 1. The van der Waals surface area contributed by atoms with Crippen LogP contribution in [0.1, 0.15) is 55.2 Å². The summed E-state index contributed by atoms with van der Waals surface area (Å²) in [6, 6.07) is 14.5. The number of nitrogens with one attached hydrogen (secondary N) is 2. The van der Waals surface area contributed by atoms with Gasteiger partial charge in [0.05, 0.1) is 5.56 Å². The van der Waals surface area contributed by atoms with Crippen molar-refractivity contribution in [3.8, 4) is 11.3 Å². The van der Waals surface area contributed by atoms with Gasteiger partial charge in [0, 0.05) is 48.4 Å². The maximum atomic E-state index is 13.5. The number of H-pyrrole nitrogens is 1. The molecule has 0 fully saturated rings.